The van der Waals surface area contributed by atoms with Crippen molar-refractivity contribution < 1.29 is 0 Å². The number of halogens is 3. The van der Waals surface area contributed by atoms with Gasteiger partial charge in [-0.25, -0.2) is 4.98 Å². The van der Waals surface area contributed by atoms with Crippen LogP contribution in [0, 0.1) is 0 Å². The van der Waals surface area contributed by atoms with E-state index in [1.165, 1.54) is 0 Å². The first-order valence-corrected chi connectivity index (χ1v) is 9.93. The minimum Gasteiger partial charge on any atom is -0.248 e. The summed E-state index contributed by atoms with van der Waals surface area (Å²) < 4.78 is 1.04. The van der Waals surface area contributed by atoms with Gasteiger partial charge in [0.05, 0.1) is 11.4 Å². The van der Waals surface area contributed by atoms with Crippen LogP contribution in [0.25, 0.3) is 33.6 Å². The predicted octanol–water partition coefficient (Wildman–Crippen LogP) is 8.15. The summed E-state index contributed by atoms with van der Waals surface area (Å²) in [7, 11) is 0. The highest BCUT2D eigenvalue weighted by atomic mass is 79.9. The van der Waals surface area contributed by atoms with E-state index in [0.717, 1.165) is 43.1 Å². The zero-order chi connectivity index (χ0) is 18.8. The van der Waals surface area contributed by atoms with Gasteiger partial charge >= 0.3 is 0 Å². The molecule has 0 aliphatic rings. The highest BCUT2D eigenvalue weighted by Gasteiger charge is 2.09. The number of aromatic nitrogens is 1. The SMILES string of the molecule is Clc1ccc(-c2cc(-c3ccc(Cl)cc3)nc(-c3ccc(Br)cc3)c2)cc1. The van der Waals surface area contributed by atoms with E-state index in [-0.39, 0.29) is 0 Å². The van der Waals surface area contributed by atoms with Gasteiger partial charge in [-0.3, -0.25) is 0 Å². The number of hydrogen-bond acceptors (Lipinski definition) is 1. The van der Waals surface area contributed by atoms with Crippen LogP contribution in [0.15, 0.2) is 89.4 Å². The molecule has 0 unspecified atom stereocenters. The molecule has 0 amide bonds. The molecule has 132 valence electrons. The third kappa shape index (κ3) is 4.24. The van der Waals surface area contributed by atoms with Crippen molar-refractivity contribution in [3.05, 3.63) is 99.4 Å². The molecule has 0 saturated heterocycles. The van der Waals surface area contributed by atoms with E-state index in [0.29, 0.717) is 5.02 Å². The Morgan fingerprint density at radius 1 is 0.519 bits per heavy atom. The molecule has 0 aliphatic carbocycles. The summed E-state index contributed by atoms with van der Waals surface area (Å²) in [5.74, 6) is 0. The third-order valence-electron chi connectivity index (χ3n) is 4.28. The maximum Gasteiger partial charge on any atom is 0.0715 e. The molecule has 4 heteroatoms. The minimum atomic E-state index is 0.709. The normalized spacial score (nSPS) is 10.8. The van der Waals surface area contributed by atoms with Crippen LogP contribution in [0.1, 0.15) is 0 Å². The first kappa shape index (κ1) is 18.2. The van der Waals surface area contributed by atoms with E-state index in [2.05, 4.69) is 40.2 Å². The van der Waals surface area contributed by atoms with Gasteiger partial charge < -0.3 is 0 Å². The molecule has 0 radical (unpaired) electrons. The average molecular weight is 455 g/mol. The van der Waals surface area contributed by atoms with Gasteiger partial charge in [0.15, 0.2) is 0 Å². The van der Waals surface area contributed by atoms with E-state index in [1.54, 1.807) is 0 Å². The molecular weight excluding hydrogens is 441 g/mol. The lowest BCUT2D eigenvalue weighted by atomic mass is 10.00. The van der Waals surface area contributed by atoms with Crippen molar-refractivity contribution in [3.63, 3.8) is 0 Å². The van der Waals surface area contributed by atoms with E-state index in [9.17, 15) is 0 Å². The van der Waals surface area contributed by atoms with Crippen LogP contribution in [-0.2, 0) is 0 Å². The topological polar surface area (TPSA) is 12.9 Å². The summed E-state index contributed by atoms with van der Waals surface area (Å²) in [4.78, 5) is 4.89. The standard InChI is InChI=1S/C23H14BrCl2N/c24-19-7-1-16(2-8-19)22-13-18(15-3-9-20(25)10-4-15)14-23(27-22)17-5-11-21(26)12-6-17/h1-14H. The first-order valence-electron chi connectivity index (χ1n) is 8.38. The first-order chi connectivity index (χ1) is 13.1. The molecule has 0 N–H and O–H groups in total. The Kier molecular flexibility index (Phi) is 5.31. The maximum atomic E-state index is 6.05. The summed E-state index contributed by atoms with van der Waals surface area (Å²) >= 11 is 15.6. The van der Waals surface area contributed by atoms with Crippen LogP contribution in [0.3, 0.4) is 0 Å². The number of benzene rings is 3. The molecule has 1 aromatic heterocycles. The molecule has 0 fully saturated rings. The second kappa shape index (κ2) is 7.85. The summed E-state index contributed by atoms with van der Waals surface area (Å²) in [6.07, 6.45) is 0. The molecule has 4 rings (SSSR count). The molecule has 0 aliphatic heterocycles. The van der Waals surface area contributed by atoms with Crippen molar-refractivity contribution in [3.8, 4) is 33.6 Å². The van der Waals surface area contributed by atoms with Crippen molar-refractivity contribution in [1.82, 2.24) is 4.98 Å². The van der Waals surface area contributed by atoms with Crippen LogP contribution in [-0.4, -0.2) is 4.98 Å². The molecule has 0 saturated carbocycles. The lowest BCUT2D eigenvalue weighted by Gasteiger charge is -2.11. The van der Waals surface area contributed by atoms with Gasteiger partial charge in [0.2, 0.25) is 0 Å². The van der Waals surface area contributed by atoms with Gasteiger partial charge in [0.25, 0.3) is 0 Å². The van der Waals surface area contributed by atoms with Crippen molar-refractivity contribution in [2.45, 2.75) is 0 Å². The lowest BCUT2D eigenvalue weighted by Crippen LogP contribution is -1.91. The summed E-state index contributed by atoms with van der Waals surface area (Å²) in [5.41, 5.74) is 6.08. The third-order valence-corrected chi connectivity index (χ3v) is 5.32. The lowest BCUT2D eigenvalue weighted by molar-refractivity contribution is 1.32. The monoisotopic (exact) mass is 453 g/mol. The molecule has 1 heterocycles. The van der Waals surface area contributed by atoms with Crippen LogP contribution in [0.4, 0.5) is 0 Å². The van der Waals surface area contributed by atoms with Gasteiger partial charge in [-0.2, -0.15) is 0 Å². The van der Waals surface area contributed by atoms with Gasteiger partial charge in [-0.1, -0.05) is 75.5 Å². The van der Waals surface area contributed by atoms with Crippen molar-refractivity contribution in [1.29, 1.82) is 0 Å². The Balaban J connectivity index is 1.89. The smallest absolute Gasteiger partial charge is 0.0715 e. The van der Waals surface area contributed by atoms with E-state index in [4.69, 9.17) is 28.2 Å². The second-order valence-corrected chi connectivity index (χ2v) is 7.94. The number of rotatable bonds is 3. The van der Waals surface area contributed by atoms with E-state index in [1.807, 2.05) is 60.7 Å². The Labute approximate surface area is 176 Å². The van der Waals surface area contributed by atoms with Crippen LogP contribution in [0.5, 0.6) is 0 Å². The highest BCUT2D eigenvalue weighted by Crippen LogP contribution is 2.31. The van der Waals surface area contributed by atoms with Crippen molar-refractivity contribution >= 4 is 39.1 Å². The second-order valence-electron chi connectivity index (χ2n) is 6.15. The Hall–Kier alpha value is -2.13. The summed E-state index contributed by atoms with van der Waals surface area (Å²) in [6.45, 7) is 0. The van der Waals surface area contributed by atoms with Crippen molar-refractivity contribution in [2.24, 2.45) is 0 Å². The van der Waals surface area contributed by atoms with Gasteiger partial charge in [0.1, 0.15) is 0 Å². The van der Waals surface area contributed by atoms with Gasteiger partial charge in [0, 0.05) is 25.6 Å². The molecule has 0 atom stereocenters. The Bertz CT molecular complexity index is 919. The number of pyridine rings is 1. The summed E-state index contributed by atoms with van der Waals surface area (Å²) in [5, 5.41) is 1.43. The molecule has 1 nitrogen and oxygen atoms in total. The number of nitrogens with zero attached hydrogens (tertiary/aromatic N) is 1. The quantitative estimate of drug-likeness (QED) is 0.304. The van der Waals surface area contributed by atoms with Crippen LogP contribution < -0.4 is 0 Å². The predicted molar refractivity (Wildman–Crippen MR) is 118 cm³/mol. The molecule has 0 spiro atoms. The van der Waals surface area contributed by atoms with Crippen molar-refractivity contribution in [2.75, 3.05) is 0 Å². The summed E-state index contributed by atoms with van der Waals surface area (Å²) in [6, 6.07) is 27.9. The molecule has 4 aromatic rings. The average Bonchev–Trinajstić information content (AvgIpc) is 2.69. The fourth-order valence-corrected chi connectivity index (χ4v) is 3.39. The van der Waals surface area contributed by atoms with Gasteiger partial charge in [-0.15, -0.1) is 0 Å². The fourth-order valence-electron chi connectivity index (χ4n) is 2.88. The van der Waals surface area contributed by atoms with Gasteiger partial charge in [-0.05, 0) is 59.7 Å². The van der Waals surface area contributed by atoms with E-state index >= 15 is 0 Å². The van der Waals surface area contributed by atoms with E-state index < -0.39 is 0 Å². The van der Waals surface area contributed by atoms with Crippen LogP contribution >= 0.6 is 39.1 Å². The minimum absolute atomic E-state index is 0.709. The fraction of sp³-hybridized carbons (Fsp3) is 0. The highest BCUT2D eigenvalue weighted by molar-refractivity contribution is 9.10. The zero-order valence-electron chi connectivity index (χ0n) is 14.2. The largest absolute Gasteiger partial charge is 0.248 e. The Morgan fingerprint density at radius 3 is 1.41 bits per heavy atom. The zero-order valence-corrected chi connectivity index (χ0v) is 17.3. The Morgan fingerprint density at radius 2 is 0.926 bits per heavy atom. The molecule has 27 heavy (non-hydrogen) atoms. The number of hydrogen-bond donors (Lipinski definition) is 0. The maximum absolute atomic E-state index is 6.05. The van der Waals surface area contributed by atoms with Crippen LogP contribution in [0.2, 0.25) is 10.0 Å². The molecular formula is C23H14BrCl2N. The molecule has 3 aromatic carbocycles. The molecule has 0 bridgehead atoms.